The Balaban J connectivity index is 1.46. The molecule has 1 amide bonds. The van der Waals surface area contributed by atoms with Crippen molar-refractivity contribution in [1.29, 1.82) is 0 Å². The van der Waals surface area contributed by atoms with E-state index in [0.717, 1.165) is 16.6 Å². The first kappa shape index (κ1) is 18.5. The fourth-order valence-electron chi connectivity index (χ4n) is 2.91. The molecule has 140 valence electrons. The van der Waals surface area contributed by atoms with E-state index in [-0.39, 0.29) is 17.7 Å². The zero-order valence-corrected chi connectivity index (χ0v) is 16.4. The van der Waals surface area contributed by atoms with Gasteiger partial charge in [0.2, 0.25) is 5.91 Å². The van der Waals surface area contributed by atoms with Crippen molar-refractivity contribution in [3.05, 3.63) is 89.1 Å². The molecule has 0 unspecified atom stereocenters. The smallest absolute Gasteiger partial charge is 0.231 e. The second-order valence-electron chi connectivity index (χ2n) is 6.18. The van der Waals surface area contributed by atoms with Gasteiger partial charge in [-0.1, -0.05) is 84.0 Å². The van der Waals surface area contributed by atoms with Crippen molar-refractivity contribution < 1.29 is 4.79 Å². The number of carbonyl (C=O) groups is 1. The van der Waals surface area contributed by atoms with E-state index in [9.17, 15) is 4.79 Å². The molecule has 28 heavy (non-hydrogen) atoms. The van der Waals surface area contributed by atoms with Crippen LogP contribution in [-0.4, -0.2) is 26.6 Å². The van der Waals surface area contributed by atoms with Gasteiger partial charge in [-0.3, -0.25) is 4.79 Å². The number of benzene rings is 2. The molecular formula is C21H17ClN4OS. The highest BCUT2D eigenvalue weighted by Crippen LogP contribution is 2.23. The first-order valence-corrected chi connectivity index (χ1v) is 10.1. The number of thioether (sulfide) groups is 1. The average molecular weight is 409 g/mol. The number of fused-ring (bicyclic) bond motifs is 1. The molecule has 0 aliphatic carbocycles. The van der Waals surface area contributed by atoms with Gasteiger partial charge in [-0.25, -0.2) is 9.97 Å². The number of imidazole rings is 1. The number of rotatable bonds is 6. The summed E-state index contributed by atoms with van der Waals surface area (Å²) in [6.45, 7) is 0. The summed E-state index contributed by atoms with van der Waals surface area (Å²) in [5, 5.41) is 4.30. The fourth-order valence-corrected chi connectivity index (χ4v) is 3.75. The standard InChI is InChI=1S/C21H17ClN4OS/c22-16-11-17-20(23-12-16)26-21(24-17)28-13-18(27)25-19(14-7-3-1-4-8-14)15-9-5-2-6-10-15/h1-12,19H,13H2,(H,25,27)(H,23,24,26). The minimum atomic E-state index is -0.202. The summed E-state index contributed by atoms with van der Waals surface area (Å²) in [5.41, 5.74) is 3.41. The van der Waals surface area contributed by atoms with Crippen LogP contribution in [0.3, 0.4) is 0 Å². The number of carbonyl (C=O) groups excluding carboxylic acids is 1. The Bertz CT molecular complexity index is 1050. The number of aromatic nitrogens is 3. The van der Waals surface area contributed by atoms with Crippen LogP contribution in [0.15, 0.2) is 78.1 Å². The number of amides is 1. The zero-order valence-electron chi connectivity index (χ0n) is 14.8. The minimum Gasteiger partial charge on any atom is -0.344 e. The van der Waals surface area contributed by atoms with Crippen LogP contribution in [0.25, 0.3) is 11.2 Å². The predicted molar refractivity (Wildman–Crippen MR) is 112 cm³/mol. The highest BCUT2D eigenvalue weighted by atomic mass is 35.5. The van der Waals surface area contributed by atoms with Crippen LogP contribution in [0.4, 0.5) is 0 Å². The SMILES string of the molecule is O=C(CSc1nc2ncc(Cl)cc2[nH]1)NC(c1ccccc1)c1ccccc1. The van der Waals surface area contributed by atoms with Crippen LogP contribution in [0.2, 0.25) is 5.02 Å². The molecule has 4 rings (SSSR count). The topological polar surface area (TPSA) is 70.7 Å². The van der Waals surface area contributed by atoms with E-state index in [1.165, 1.54) is 11.8 Å². The minimum absolute atomic E-state index is 0.0749. The molecule has 5 nitrogen and oxygen atoms in total. The largest absolute Gasteiger partial charge is 0.344 e. The van der Waals surface area contributed by atoms with Crippen LogP contribution in [-0.2, 0) is 4.79 Å². The van der Waals surface area contributed by atoms with Gasteiger partial charge < -0.3 is 10.3 Å². The monoisotopic (exact) mass is 408 g/mol. The number of hydrogen-bond donors (Lipinski definition) is 2. The lowest BCUT2D eigenvalue weighted by molar-refractivity contribution is -0.119. The third-order valence-corrected chi connectivity index (χ3v) is 5.27. The van der Waals surface area contributed by atoms with E-state index in [0.29, 0.717) is 15.8 Å². The molecule has 4 aromatic rings. The van der Waals surface area contributed by atoms with Crippen molar-refractivity contribution in [2.24, 2.45) is 0 Å². The van der Waals surface area contributed by atoms with Gasteiger partial charge in [0.25, 0.3) is 0 Å². The molecule has 0 bridgehead atoms. The van der Waals surface area contributed by atoms with Crippen molar-refractivity contribution in [3.8, 4) is 0 Å². The average Bonchev–Trinajstić information content (AvgIpc) is 3.14. The van der Waals surface area contributed by atoms with Crippen molar-refractivity contribution in [2.45, 2.75) is 11.2 Å². The summed E-state index contributed by atoms with van der Waals surface area (Å²) >= 11 is 7.28. The number of hydrogen-bond acceptors (Lipinski definition) is 4. The Morgan fingerprint density at radius 1 is 1.07 bits per heavy atom. The molecule has 2 aromatic carbocycles. The van der Waals surface area contributed by atoms with Crippen LogP contribution in [0, 0.1) is 0 Å². The number of aromatic amines is 1. The molecule has 0 radical (unpaired) electrons. The van der Waals surface area contributed by atoms with Gasteiger partial charge in [0.1, 0.15) is 0 Å². The summed E-state index contributed by atoms with van der Waals surface area (Å²) in [6, 6.07) is 21.4. The number of nitrogens with one attached hydrogen (secondary N) is 2. The second-order valence-corrected chi connectivity index (χ2v) is 7.58. The fraction of sp³-hybridized carbons (Fsp3) is 0.0952. The van der Waals surface area contributed by atoms with Crippen molar-refractivity contribution in [2.75, 3.05) is 5.75 Å². The van der Waals surface area contributed by atoms with Gasteiger partial charge in [0.15, 0.2) is 10.8 Å². The molecular weight excluding hydrogens is 392 g/mol. The molecule has 2 aromatic heterocycles. The number of halogens is 1. The van der Waals surface area contributed by atoms with E-state index < -0.39 is 0 Å². The van der Waals surface area contributed by atoms with E-state index in [1.54, 1.807) is 12.3 Å². The van der Waals surface area contributed by atoms with Gasteiger partial charge in [0.05, 0.1) is 22.3 Å². The summed E-state index contributed by atoms with van der Waals surface area (Å²) < 4.78 is 0. The third kappa shape index (κ3) is 4.35. The van der Waals surface area contributed by atoms with Gasteiger partial charge in [-0.05, 0) is 17.2 Å². The maximum atomic E-state index is 12.6. The van der Waals surface area contributed by atoms with Gasteiger partial charge >= 0.3 is 0 Å². The Hall–Kier alpha value is -2.83. The lowest BCUT2D eigenvalue weighted by Crippen LogP contribution is -2.30. The number of pyridine rings is 1. The van der Waals surface area contributed by atoms with Crippen molar-refractivity contribution in [3.63, 3.8) is 0 Å². The number of nitrogens with zero attached hydrogens (tertiary/aromatic N) is 2. The Morgan fingerprint density at radius 3 is 2.36 bits per heavy atom. The van der Waals surface area contributed by atoms with Gasteiger partial charge in [0, 0.05) is 6.20 Å². The summed E-state index contributed by atoms with van der Waals surface area (Å²) in [7, 11) is 0. The first-order chi connectivity index (χ1) is 13.7. The van der Waals surface area contributed by atoms with Crippen molar-refractivity contribution >= 4 is 40.4 Å². The van der Waals surface area contributed by atoms with E-state index in [2.05, 4.69) is 20.3 Å². The summed E-state index contributed by atoms with van der Waals surface area (Å²) in [5.74, 6) is 0.165. The molecule has 0 saturated carbocycles. The van der Waals surface area contributed by atoms with E-state index >= 15 is 0 Å². The summed E-state index contributed by atoms with van der Waals surface area (Å²) in [6.07, 6.45) is 1.55. The highest BCUT2D eigenvalue weighted by molar-refractivity contribution is 7.99. The molecule has 7 heteroatoms. The molecule has 2 heterocycles. The maximum Gasteiger partial charge on any atom is 0.231 e. The summed E-state index contributed by atoms with van der Waals surface area (Å²) in [4.78, 5) is 24.3. The van der Waals surface area contributed by atoms with Gasteiger partial charge in [-0.15, -0.1) is 0 Å². The molecule has 0 saturated heterocycles. The van der Waals surface area contributed by atoms with Gasteiger partial charge in [-0.2, -0.15) is 0 Å². The van der Waals surface area contributed by atoms with Crippen LogP contribution in [0.1, 0.15) is 17.2 Å². The Labute approximate surface area is 171 Å². The Morgan fingerprint density at radius 2 is 1.71 bits per heavy atom. The highest BCUT2D eigenvalue weighted by Gasteiger charge is 2.17. The molecule has 0 aliphatic rings. The van der Waals surface area contributed by atoms with E-state index in [1.807, 2.05) is 60.7 Å². The molecule has 0 fully saturated rings. The normalized spacial score (nSPS) is 11.1. The zero-order chi connectivity index (χ0) is 19.3. The lowest BCUT2D eigenvalue weighted by atomic mass is 9.99. The maximum absolute atomic E-state index is 12.6. The molecule has 0 aliphatic heterocycles. The number of H-pyrrole nitrogens is 1. The molecule has 0 spiro atoms. The Kier molecular flexibility index (Phi) is 5.60. The van der Waals surface area contributed by atoms with Crippen LogP contribution < -0.4 is 5.32 Å². The van der Waals surface area contributed by atoms with Crippen LogP contribution in [0.5, 0.6) is 0 Å². The van der Waals surface area contributed by atoms with E-state index in [4.69, 9.17) is 11.6 Å². The molecule has 2 N–H and O–H groups in total. The lowest BCUT2D eigenvalue weighted by Gasteiger charge is -2.19. The third-order valence-electron chi connectivity index (χ3n) is 4.19. The quantitative estimate of drug-likeness (QED) is 0.457. The van der Waals surface area contributed by atoms with Crippen molar-refractivity contribution in [1.82, 2.24) is 20.3 Å². The first-order valence-electron chi connectivity index (χ1n) is 8.72. The predicted octanol–water partition coefficient (Wildman–Crippen LogP) is 4.61. The van der Waals surface area contributed by atoms with Crippen LogP contribution >= 0.6 is 23.4 Å². The molecule has 0 atom stereocenters. The second kappa shape index (κ2) is 8.46.